The van der Waals surface area contributed by atoms with E-state index in [0.717, 1.165) is 22.4 Å². The number of hydrogen-bond donors (Lipinski definition) is 1. The van der Waals surface area contributed by atoms with Crippen LogP contribution in [0.3, 0.4) is 0 Å². The van der Waals surface area contributed by atoms with Gasteiger partial charge < -0.3 is 10.2 Å². The minimum Gasteiger partial charge on any atom is -0.345 e. The number of anilines is 1. The van der Waals surface area contributed by atoms with E-state index in [-0.39, 0.29) is 30.2 Å². The number of carbonyl (C=O) groups excluding carboxylic acids is 2. The first kappa shape index (κ1) is 19.9. The minimum atomic E-state index is -0.367. The van der Waals surface area contributed by atoms with E-state index in [9.17, 15) is 9.59 Å². The molecule has 4 heteroatoms. The second kappa shape index (κ2) is 8.54. The Hall–Kier alpha value is -3.40. The first-order valence-electron chi connectivity index (χ1n) is 10.3. The van der Waals surface area contributed by atoms with Crippen molar-refractivity contribution in [2.24, 2.45) is 5.92 Å². The number of rotatable bonds is 5. The lowest BCUT2D eigenvalue weighted by Gasteiger charge is -2.22. The lowest BCUT2D eigenvalue weighted by molar-refractivity contribution is -0.126. The fourth-order valence-corrected chi connectivity index (χ4v) is 3.94. The molecular formula is C26H26N2O2. The summed E-state index contributed by atoms with van der Waals surface area (Å²) >= 11 is 0. The van der Waals surface area contributed by atoms with E-state index in [2.05, 4.69) is 12.2 Å². The molecule has 0 radical (unpaired) electrons. The smallest absolute Gasteiger partial charge is 0.227 e. The van der Waals surface area contributed by atoms with E-state index < -0.39 is 0 Å². The Morgan fingerprint density at radius 1 is 0.900 bits per heavy atom. The van der Waals surface area contributed by atoms with Crippen molar-refractivity contribution < 1.29 is 9.59 Å². The van der Waals surface area contributed by atoms with E-state index in [1.165, 1.54) is 5.56 Å². The van der Waals surface area contributed by atoms with Crippen molar-refractivity contribution in [3.63, 3.8) is 0 Å². The SMILES string of the molecule is Cc1ccc(N2C[C@H](C(=O)NC(c3ccccc3)c3ccccc3)CC2=O)cc1C. The third-order valence-corrected chi connectivity index (χ3v) is 5.85. The maximum Gasteiger partial charge on any atom is 0.227 e. The summed E-state index contributed by atoms with van der Waals surface area (Å²) in [7, 11) is 0. The number of carbonyl (C=O) groups is 2. The number of nitrogens with one attached hydrogen (secondary N) is 1. The van der Waals surface area contributed by atoms with Crippen LogP contribution in [0.2, 0.25) is 0 Å². The Kier molecular flexibility index (Phi) is 5.66. The van der Waals surface area contributed by atoms with Crippen molar-refractivity contribution in [2.75, 3.05) is 11.4 Å². The van der Waals surface area contributed by atoms with Gasteiger partial charge in [0.1, 0.15) is 0 Å². The molecule has 1 atom stereocenters. The molecule has 4 nitrogen and oxygen atoms in total. The molecule has 1 fully saturated rings. The van der Waals surface area contributed by atoms with Gasteiger partial charge in [0.25, 0.3) is 0 Å². The summed E-state index contributed by atoms with van der Waals surface area (Å²) in [4.78, 5) is 27.5. The molecule has 3 aromatic carbocycles. The van der Waals surface area contributed by atoms with Crippen LogP contribution in [0, 0.1) is 19.8 Å². The molecule has 0 aliphatic carbocycles. The molecule has 152 valence electrons. The van der Waals surface area contributed by atoms with Gasteiger partial charge in [-0.1, -0.05) is 66.7 Å². The van der Waals surface area contributed by atoms with Crippen molar-refractivity contribution in [2.45, 2.75) is 26.3 Å². The predicted molar refractivity (Wildman–Crippen MR) is 119 cm³/mol. The highest BCUT2D eigenvalue weighted by Gasteiger charge is 2.36. The van der Waals surface area contributed by atoms with Gasteiger partial charge in [0.2, 0.25) is 11.8 Å². The van der Waals surface area contributed by atoms with Crippen LogP contribution >= 0.6 is 0 Å². The Balaban J connectivity index is 1.53. The van der Waals surface area contributed by atoms with Gasteiger partial charge >= 0.3 is 0 Å². The normalized spacial score (nSPS) is 16.2. The van der Waals surface area contributed by atoms with Crippen LogP contribution in [-0.4, -0.2) is 18.4 Å². The number of hydrogen-bond acceptors (Lipinski definition) is 2. The van der Waals surface area contributed by atoms with E-state index in [4.69, 9.17) is 0 Å². The quantitative estimate of drug-likeness (QED) is 0.685. The van der Waals surface area contributed by atoms with E-state index >= 15 is 0 Å². The standard InChI is InChI=1S/C26H26N2O2/c1-18-13-14-23(15-19(18)2)28-17-22(16-24(28)29)26(30)27-25(20-9-5-3-6-10-20)21-11-7-4-8-12-21/h3-15,22,25H,16-17H2,1-2H3,(H,27,30)/t22-/m1/s1. The first-order chi connectivity index (χ1) is 14.5. The largest absolute Gasteiger partial charge is 0.345 e. The zero-order chi connectivity index (χ0) is 21.1. The minimum absolute atomic E-state index is 0.00521. The summed E-state index contributed by atoms with van der Waals surface area (Å²) in [6, 6.07) is 25.6. The van der Waals surface area contributed by atoms with Gasteiger partial charge in [-0.2, -0.15) is 0 Å². The molecule has 0 spiro atoms. The van der Waals surface area contributed by atoms with Crippen LogP contribution < -0.4 is 10.2 Å². The number of nitrogens with zero attached hydrogens (tertiary/aromatic N) is 1. The van der Waals surface area contributed by atoms with Crippen LogP contribution in [0.15, 0.2) is 78.9 Å². The highest BCUT2D eigenvalue weighted by Crippen LogP contribution is 2.28. The van der Waals surface area contributed by atoms with Crippen LogP contribution in [0.25, 0.3) is 0 Å². The summed E-state index contributed by atoms with van der Waals surface area (Å²) < 4.78 is 0. The maximum absolute atomic E-state index is 13.2. The Morgan fingerprint density at radius 2 is 1.50 bits per heavy atom. The average molecular weight is 399 g/mol. The van der Waals surface area contributed by atoms with Gasteiger partial charge in [-0.25, -0.2) is 0 Å². The van der Waals surface area contributed by atoms with E-state index in [1.54, 1.807) is 4.90 Å². The molecule has 1 saturated heterocycles. The molecule has 4 rings (SSSR count). The predicted octanol–water partition coefficient (Wildman–Crippen LogP) is 4.56. The zero-order valence-corrected chi connectivity index (χ0v) is 17.3. The average Bonchev–Trinajstić information content (AvgIpc) is 3.17. The van der Waals surface area contributed by atoms with Crippen molar-refractivity contribution in [3.8, 4) is 0 Å². The van der Waals surface area contributed by atoms with Crippen LogP contribution in [-0.2, 0) is 9.59 Å². The lowest BCUT2D eigenvalue weighted by atomic mass is 9.97. The second-order valence-electron chi connectivity index (χ2n) is 7.94. The summed E-state index contributed by atoms with van der Waals surface area (Å²) in [5, 5.41) is 3.19. The van der Waals surface area contributed by atoms with Crippen molar-refractivity contribution >= 4 is 17.5 Å². The molecule has 0 saturated carbocycles. The molecule has 1 aliphatic rings. The number of benzene rings is 3. The molecule has 1 aliphatic heterocycles. The third-order valence-electron chi connectivity index (χ3n) is 5.85. The Bertz CT molecular complexity index is 1010. The molecule has 1 N–H and O–H groups in total. The molecule has 2 amide bonds. The topological polar surface area (TPSA) is 49.4 Å². The Labute approximate surface area is 177 Å². The maximum atomic E-state index is 13.2. The summed E-state index contributed by atoms with van der Waals surface area (Å²) in [6.07, 6.45) is 0.231. The van der Waals surface area contributed by atoms with Crippen molar-refractivity contribution in [3.05, 3.63) is 101 Å². The van der Waals surface area contributed by atoms with Crippen molar-refractivity contribution in [1.29, 1.82) is 0 Å². The molecular weight excluding hydrogens is 372 g/mol. The molecule has 0 unspecified atom stereocenters. The van der Waals surface area contributed by atoms with Gasteiger partial charge in [0.05, 0.1) is 12.0 Å². The summed E-state index contributed by atoms with van der Waals surface area (Å²) in [6.45, 7) is 4.49. The highest BCUT2D eigenvalue weighted by atomic mass is 16.2. The number of amides is 2. The Morgan fingerprint density at radius 3 is 2.07 bits per heavy atom. The molecule has 30 heavy (non-hydrogen) atoms. The van der Waals surface area contributed by atoms with Gasteiger partial charge in [-0.05, 0) is 48.2 Å². The highest BCUT2D eigenvalue weighted by molar-refractivity contribution is 6.00. The third kappa shape index (κ3) is 4.13. The van der Waals surface area contributed by atoms with Gasteiger partial charge in [0.15, 0.2) is 0 Å². The molecule has 0 aromatic heterocycles. The second-order valence-corrected chi connectivity index (χ2v) is 7.94. The van der Waals surface area contributed by atoms with E-state index in [0.29, 0.717) is 6.54 Å². The van der Waals surface area contributed by atoms with Crippen molar-refractivity contribution in [1.82, 2.24) is 5.32 Å². The van der Waals surface area contributed by atoms with Crippen LogP contribution in [0.1, 0.15) is 34.7 Å². The van der Waals surface area contributed by atoms with Gasteiger partial charge in [-0.3, -0.25) is 9.59 Å². The fourth-order valence-electron chi connectivity index (χ4n) is 3.94. The first-order valence-corrected chi connectivity index (χ1v) is 10.3. The lowest BCUT2D eigenvalue weighted by Crippen LogP contribution is -2.36. The van der Waals surface area contributed by atoms with E-state index in [1.807, 2.05) is 85.8 Å². The zero-order valence-electron chi connectivity index (χ0n) is 17.3. The number of aryl methyl sites for hydroxylation is 2. The van der Waals surface area contributed by atoms with Gasteiger partial charge in [-0.15, -0.1) is 0 Å². The summed E-state index contributed by atoms with van der Waals surface area (Å²) in [5.41, 5.74) is 5.23. The fraction of sp³-hybridized carbons (Fsp3) is 0.231. The molecule has 3 aromatic rings. The van der Waals surface area contributed by atoms with Crippen LogP contribution in [0.5, 0.6) is 0 Å². The summed E-state index contributed by atoms with van der Waals surface area (Å²) in [5.74, 6) is -0.462. The monoisotopic (exact) mass is 398 g/mol. The molecule has 1 heterocycles. The van der Waals surface area contributed by atoms with Crippen LogP contribution in [0.4, 0.5) is 5.69 Å². The molecule has 0 bridgehead atoms. The van der Waals surface area contributed by atoms with Gasteiger partial charge in [0, 0.05) is 18.7 Å².